The number of halogens is 1. The zero-order chi connectivity index (χ0) is 16.2. The van der Waals surface area contributed by atoms with Gasteiger partial charge in [0, 0.05) is 11.8 Å². The predicted molar refractivity (Wildman–Crippen MR) is 95.8 cm³/mol. The minimum Gasteiger partial charge on any atom is -0.330 e. The van der Waals surface area contributed by atoms with E-state index in [2.05, 4.69) is 36.1 Å². The molecule has 0 spiro atoms. The van der Waals surface area contributed by atoms with E-state index in [-0.39, 0.29) is 29.1 Å². The highest BCUT2D eigenvalue weighted by Gasteiger charge is 2.33. The van der Waals surface area contributed by atoms with Crippen molar-refractivity contribution in [1.82, 2.24) is 9.97 Å². The van der Waals surface area contributed by atoms with Gasteiger partial charge in [0.25, 0.3) is 0 Å². The van der Waals surface area contributed by atoms with Crippen molar-refractivity contribution in [2.75, 3.05) is 11.9 Å². The third kappa shape index (κ3) is 5.43. The summed E-state index contributed by atoms with van der Waals surface area (Å²) in [6.45, 7) is 6.78. The maximum Gasteiger partial charge on any atom is 0.225 e. The lowest BCUT2D eigenvalue weighted by Crippen LogP contribution is -2.36. The number of aromatic nitrogens is 2. The van der Waals surface area contributed by atoms with Crippen LogP contribution >= 0.6 is 12.4 Å². The van der Waals surface area contributed by atoms with E-state index in [0.717, 1.165) is 18.7 Å². The van der Waals surface area contributed by atoms with Gasteiger partial charge in [0.1, 0.15) is 5.82 Å². The number of anilines is 1. The van der Waals surface area contributed by atoms with Crippen LogP contribution in [-0.4, -0.2) is 22.4 Å². The van der Waals surface area contributed by atoms with E-state index < -0.39 is 0 Å². The predicted octanol–water partition coefficient (Wildman–Crippen LogP) is 3.43. The van der Waals surface area contributed by atoms with Crippen molar-refractivity contribution in [1.29, 1.82) is 0 Å². The summed E-state index contributed by atoms with van der Waals surface area (Å²) in [5, 5.41) is 2.91. The Hall–Kier alpha value is -1.20. The molecule has 3 N–H and O–H groups in total. The normalized spacial score (nSPS) is 17.2. The lowest BCUT2D eigenvalue weighted by Gasteiger charge is -2.35. The molecule has 5 nitrogen and oxygen atoms in total. The monoisotopic (exact) mass is 340 g/mol. The first-order valence-corrected chi connectivity index (χ1v) is 8.17. The summed E-state index contributed by atoms with van der Waals surface area (Å²) in [7, 11) is 0. The molecule has 1 aromatic heterocycles. The third-order valence-electron chi connectivity index (χ3n) is 4.49. The first-order chi connectivity index (χ1) is 10.3. The van der Waals surface area contributed by atoms with Crippen molar-refractivity contribution >= 4 is 24.0 Å². The highest BCUT2D eigenvalue weighted by atomic mass is 35.5. The fourth-order valence-electron chi connectivity index (χ4n) is 3.08. The molecule has 1 aliphatic carbocycles. The molecule has 0 unspecified atom stereocenters. The summed E-state index contributed by atoms with van der Waals surface area (Å²) in [5.41, 5.74) is 6.49. The van der Waals surface area contributed by atoms with E-state index in [1.165, 1.54) is 19.3 Å². The Morgan fingerprint density at radius 3 is 2.26 bits per heavy atom. The topological polar surface area (TPSA) is 80.9 Å². The van der Waals surface area contributed by atoms with Gasteiger partial charge in [-0.2, -0.15) is 0 Å². The molecule has 0 aromatic carbocycles. The summed E-state index contributed by atoms with van der Waals surface area (Å²) < 4.78 is 0. The second-order valence-corrected chi connectivity index (χ2v) is 7.54. The number of carbonyl (C=O) groups is 1. The maximum atomic E-state index is 12.3. The van der Waals surface area contributed by atoms with Gasteiger partial charge in [-0.05, 0) is 24.8 Å². The highest BCUT2D eigenvalue weighted by Crippen LogP contribution is 2.38. The molecular weight excluding hydrogens is 312 g/mol. The molecular formula is C17H29ClN4O. The average molecular weight is 341 g/mol. The van der Waals surface area contributed by atoms with Crippen LogP contribution in [0.3, 0.4) is 0 Å². The van der Waals surface area contributed by atoms with Crippen LogP contribution in [0, 0.1) is 5.41 Å². The van der Waals surface area contributed by atoms with Gasteiger partial charge in [0.15, 0.2) is 0 Å². The van der Waals surface area contributed by atoms with Crippen molar-refractivity contribution in [2.24, 2.45) is 11.1 Å². The van der Waals surface area contributed by atoms with E-state index in [0.29, 0.717) is 18.7 Å². The Morgan fingerprint density at radius 2 is 1.78 bits per heavy atom. The molecule has 130 valence electrons. The van der Waals surface area contributed by atoms with E-state index in [1.807, 2.05) is 0 Å². The number of carbonyl (C=O) groups excluding carboxylic acids is 1. The van der Waals surface area contributed by atoms with Crippen LogP contribution in [0.25, 0.3) is 0 Å². The second-order valence-electron chi connectivity index (χ2n) is 7.54. The Labute approximate surface area is 145 Å². The molecule has 1 aromatic rings. The van der Waals surface area contributed by atoms with Crippen LogP contribution in [0.15, 0.2) is 12.4 Å². The first kappa shape index (κ1) is 19.8. The Balaban J connectivity index is 0.00000264. The summed E-state index contributed by atoms with van der Waals surface area (Å²) in [4.78, 5) is 21.0. The molecule has 1 saturated carbocycles. The zero-order valence-corrected chi connectivity index (χ0v) is 15.2. The highest BCUT2D eigenvalue weighted by molar-refractivity contribution is 5.90. The number of amides is 1. The van der Waals surface area contributed by atoms with Crippen molar-refractivity contribution in [3.05, 3.63) is 18.2 Å². The summed E-state index contributed by atoms with van der Waals surface area (Å²) >= 11 is 0. The molecule has 6 heteroatoms. The van der Waals surface area contributed by atoms with Crippen molar-refractivity contribution < 1.29 is 4.79 Å². The number of nitrogens with one attached hydrogen (secondary N) is 1. The van der Waals surface area contributed by atoms with Crippen LogP contribution < -0.4 is 11.1 Å². The molecule has 0 saturated heterocycles. The average Bonchev–Trinajstić information content (AvgIpc) is 2.47. The number of nitrogens with two attached hydrogens (primary N) is 1. The van der Waals surface area contributed by atoms with Crippen molar-refractivity contribution in [2.45, 2.75) is 64.7 Å². The van der Waals surface area contributed by atoms with Gasteiger partial charge in [-0.3, -0.25) is 4.79 Å². The lowest BCUT2D eigenvalue weighted by atomic mass is 9.71. The van der Waals surface area contributed by atoms with E-state index >= 15 is 0 Å². The molecule has 0 atom stereocenters. The Kier molecular flexibility index (Phi) is 6.96. The minimum absolute atomic E-state index is 0. The molecule has 23 heavy (non-hydrogen) atoms. The van der Waals surface area contributed by atoms with Crippen LogP contribution in [-0.2, 0) is 10.2 Å². The van der Waals surface area contributed by atoms with E-state index in [9.17, 15) is 4.79 Å². The van der Waals surface area contributed by atoms with Crippen molar-refractivity contribution in [3.63, 3.8) is 0 Å². The van der Waals surface area contributed by atoms with Gasteiger partial charge in [-0.1, -0.05) is 40.0 Å². The molecule has 0 bridgehead atoms. The van der Waals surface area contributed by atoms with Gasteiger partial charge in [-0.25, -0.2) is 9.97 Å². The molecule has 0 aliphatic heterocycles. The number of hydrogen-bond acceptors (Lipinski definition) is 4. The molecule has 1 heterocycles. The van der Waals surface area contributed by atoms with Gasteiger partial charge >= 0.3 is 0 Å². The number of nitrogens with zero attached hydrogens (tertiary/aromatic N) is 2. The van der Waals surface area contributed by atoms with Crippen LogP contribution in [0.5, 0.6) is 0 Å². The summed E-state index contributed by atoms with van der Waals surface area (Å²) in [6.07, 6.45) is 9.56. The fourth-order valence-corrected chi connectivity index (χ4v) is 3.08. The standard InChI is InChI=1S/C17H28N4O.ClH/c1-16(2,3)15-19-10-13(11-20-15)21-14(22)9-17(12-18)7-5-4-6-8-17;/h10-11H,4-9,12,18H2,1-3H3,(H,21,22);1H. The van der Waals surface area contributed by atoms with Gasteiger partial charge in [-0.15, -0.1) is 12.4 Å². The lowest BCUT2D eigenvalue weighted by molar-refractivity contribution is -0.118. The molecule has 1 aliphatic rings. The zero-order valence-electron chi connectivity index (χ0n) is 14.4. The van der Waals surface area contributed by atoms with Gasteiger partial charge < -0.3 is 11.1 Å². The Morgan fingerprint density at radius 1 is 1.22 bits per heavy atom. The SMILES string of the molecule is CC(C)(C)c1ncc(NC(=O)CC2(CN)CCCCC2)cn1.Cl. The van der Waals surface area contributed by atoms with E-state index in [4.69, 9.17) is 5.73 Å². The number of rotatable bonds is 4. The molecule has 0 radical (unpaired) electrons. The largest absolute Gasteiger partial charge is 0.330 e. The Bertz CT molecular complexity index is 504. The smallest absolute Gasteiger partial charge is 0.225 e. The van der Waals surface area contributed by atoms with Crippen LogP contribution in [0.1, 0.15) is 65.1 Å². The number of hydrogen-bond donors (Lipinski definition) is 2. The maximum absolute atomic E-state index is 12.3. The molecule has 1 amide bonds. The minimum atomic E-state index is -0.0890. The summed E-state index contributed by atoms with van der Waals surface area (Å²) in [6, 6.07) is 0. The first-order valence-electron chi connectivity index (χ1n) is 8.17. The molecule has 2 rings (SSSR count). The van der Waals surface area contributed by atoms with Gasteiger partial charge in [0.2, 0.25) is 5.91 Å². The van der Waals surface area contributed by atoms with Crippen LogP contribution in [0.2, 0.25) is 0 Å². The van der Waals surface area contributed by atoms with E-state index in [1.54, 1.807) is 12.4 Å². The second kappa shape index (κ2) is 8.06. The molecule has 1 fully saturated rings. The van der Waals surface area contributed by atoms with Crippen molar-refractivity contribution in [3.8, 4) is 0 Å². The summed E-state index contributed by atoms with van der Waals surface area (Å²) in [5.74, 6) is 0.788. The van der Waals surface area contributed by atoms with Gasteiger partial charge in [0.05, 0.1) is 18.1 Å². The quantitative estimate of drug-likeness (QED) is 0.879. The third-order valence-corrected chi connectivity index (χ3v) is 4.49. The fraction of sp³-hybridized carbons (Fsp3) is 0.706. The van der Waals surface area contributed by atoms with Crippen LogP contribution in [0.4, 0.5) is 5.69 Å².